The Hall–Kier alpha value is -3.11. The highest BCUT2D eigenvalue weighted by Gasteiger charge is 2.25. The summed E-state index contributed by atoms with van der Waals surface area (Å²) in [5.41, 5.74) is 2.04. The second-order valence-electron chi connectivity index (χ2n) is 6.43. The number of rotatable bonds is 6. The molecule has 1 N–H and O–H groups in total. The molecule has 0 spiro atoms. The number of methoxy groups -OCH3 is 1. The minimum absolute atomic E-state index is 0.0220. The van der Waals surface area contributed by atoms with Crippen molar-refractivity contribution in [1.29, 1.82) is 0 Å². The molecule has 0 fully saturated rings. The van der Waals surface area contributed by atoms with E-state index in [4.69, 9.17) is 9.47 Å². The molecule has 1 aliphatic rings. The summed E-state index contributed by atoms with van der Waals surface area (Å²) < 4.78 is 38.3. The van der Waals surface area contributed by atoms with Crippen LogP contribution in [0.15, 0.2) is 52.7 Å². The van der Waals surface area contributed by atoms with Crippen molar-refractivity contribution in [2.24, 2.45) is 0 Å². The Morgan fingerprint density at radius 2 is 2.00 bits per heavy atom. The van der Waals surface area contributed by atoms with Gasteiger partial charge in [0.05, 0.1) is 23.4 Å². The van der Waals surface area contributed by atoms with E-state index in [0.717, 1.165) is 5.56 Å². The molecule has 0 aliphatic carbocycles. The smallest absolute Gasteiger partial charge is 0.265 e. The zero-order valence-corrected chi connectivity index (χ0v) is 17.9. The van der Waals surface area contributed by atoms with E-state index in [1.807, 2.05) is 19.1 Å². The Morgan fingerprint density at radius 3 is 2.70 bits per heavy atom. The number of carbonyl (C=O) groups is 1. The molecule has 1 aliphatic heterocycles. The molecule has 0 bridgehead atoms. The van der Waals surface area contributed by atoms with Gasteiger partial charge in [-0.3, -0.25) is 9.52 Å². The first kappa shape index (κ1) is 20.2. The fraction of sp³-hybridized carbons (Fsp3) is 0.200. The lowest BCUT2D eigenvalue weighted by Crippen LogP contribution is -2.38. The van der Waals surface area contributed by atoms with Crippen LogP contribution in [-0.2, 0) is 14.8 Å². The average Bonchev–Trinajstić information content (AvgIpc) is 3.21. The molecule has 2 heterocycles. The van der Waals surface area contributed by atoms with Crippen molar-refractivity contribution < 1.29 is 22.7 Å². The number of nitrogens with zero attached hydrogens (tertiary/aromatic N) is 2. The van der Waals surface area contributed by atoms with Crippen LogP contribution in [0.4, 0.5) is 10.8 Å². The van der Waals surface area contributed by atoms with Gasteiger partial charge in [0.2, 0.25) is 0 Å². The molecule has 8 nitrogen and oxygen atoms in total. The summed E-state index contributed by atoms with van der Waals surface area (Å²) in [7, 11) is -2.26. The van der Waals surface area contributed by atoms with Crippen LogP contribution in [0.25, 0.3) is 11.3 Å². The predicted molar refractivity (Wildman–Crippen MR) is 115 cm³/mol. The molecule has 0 radical (unpaired) electrons. The lowest BCUT2D eigenvalue weighted by molar-refractivity contribution is -0.121. The molecule has 2 aromatic carbocycles. The van der Waals surface area contributed by atoms with Crippen LogP contribution in [0.1, 0.15) is 6.92 Å². The van der Waals surface area contributed by atoms with Gasteiger partial charge in [-0.1, -0.05) is 0 Å². The molecule has 30 heavy (non-hydrogen) atoms. The van der Waals surface area contributed by atoms with Gasteiger partial charge in [0.25, 0.3) is 15.9 Å². The number of hydrogen-bond acceptors (Lipinski definition) is 7. The number of thiazole rings is 1. The van der Waals surface area contributed by atoms with E-state index in [1.54, 1.807) is 28.5 Å². The van der Waals surface area contributed by atoms with Crippen molar-refractivity contribution >= 4 is 38.1 Å². The number of benzene rings is 2. The number of amides is 1. The maximum Gasteiger partial charge on any atom is 0.265 e. The lowest BCUT2D eigenvalue weighted by Gasteiger charge is -2.28. The molecule has 0 atom stereocenters. The second-order valence-corrected chi connectivity index (χ2v) is 8.97. The van der Waals surface area contributed by atoms with E-state index < -0.39 is 10.0 Å². The molecule has 1 amide bonds. The summed E-state index contributed by atoms with van der Waals surface area (Å²) in [6, 6.07) is 11.5. The summed E-state index contributed by atoms with van der Waals surface area (Å²) in [4.78, 5) is 18.2. The summed E-state index contributed by atoms with van der Waals surface area (Å²) in [5.74, 6) is 1.10. The van der Waals surface area contributed by atoms with Crippen molar-refractivity contribution in [2.45, 2.75) is 11.8 Å². The fourth-order valence-corrected chi connectivity index (χ4v) is 5.06. The SMILES string of the molecule is CCN1C(=O)COc2ccc(-c3csc(NS(=O)(=O)c4ccc(OC)cc4)n3)cc21. The van der Waals surface area contributed by atoms with Gasteiger partial charge in [0.15, 0.2) is 11.7 Å². The van der Waals surface area contributed by atoms with E-state index >= 15 is 0 Å². The number of likely N-dealkylation sites (N-methyl/N-ethyl adjacent to an activating group) is 1. The number of aromatic nitrogens is 1. The second kappa shape index (κ2) is 7.96. The summed E-state index contributed by atoms with van der Waals surface area (Å²) in [5, 5.41) is 2.01. The molecule has 10 heteroatoms. The minimum Gasteiger partial charge on any atom is -0.497 e. The van der Waals surface area contributed by atoms with Crippen LogP contribution in [0.2, 0.25) is 0 Å². The predicted octanol–water partition coefficient (Wildman–Crippen LogP) is 3.36. The fourth-order valence-electron chi connectivity index (χ4n) is 3.09. The topological polar surface area (TPSA) is 97.8 Å². The molecule has 156 valence electrons. The molecule has 0 saturated heterocycles. The largest absolute Gasteiger partial charge is 0.497 e. The molecule has 1 aromatic heterocycles. The number of carbonyl (C=O) groups excluding carboxylic acids is 1. The third-order valence-electron chi connectivity index (χ3n) is 4.61. The molecule has 4 rings (SSSR count). The third kappa shape index (κ3) is 3.83. The molecule has 0 saturated carbocycles. The monoisotopic (exact) mass is 445 g/mol. The van der Waals surface area contributed by atoms with Crippen molar-refractivity contribution in [1.82, 2.24) is 4.98 Å². The zero-order chi connectivity index (χ0) is 21.3. The Balaban J connectivity index is 1.58. The first-order valence-electron chi connectivity index (χ1n) is 9.11. The number of hydrogen-bond donors (Lipinski definition) is 1. The number of fused-ring (bicyclic) bond motifs is 1. The van der Waals surface area contributed by atoms with Crippen LogP contribution >= 0.6 is 11.3 Å². The average molecular weight is 446 g/mol. The van der Waals surface area contributed by atoms with Crippen LogP contribution in [0.3, 0.4) is 0 Å². The van der Waals surface area contributed by atoms with Crippen LogP contribution in [-0.4, -0.2) is 39.6 Å². The van der Waals surface area contributed by atoms with Gasteiger partial charge in [-0.15, -0.1) is 11.3 Å². The number of sulfonamides is 1. The van der Waals surface area contributed by atoms with Gasteiger partial charge in [0, 0.05) is 17.5 Å². The third-order valence-corrected chi connectivity index (χ3v) is 6.85. The van der Waals surface area contributed by atoms with E-state index in [0.29, 0.717) is 29.4 Å². The van der Waals surface area contributed by atoms with Gasteiger partial charge in [-0.2, -0.15) is 0 Å². The Labute approximate surface area is 178 Å². The Bertz CT molecular complexity index is 1190. The van der Waals surface area contributed by atoms with E-state index in [-0.39, 0.29) is 22.5 Å². The van der Waals surface area contributed by atoms with Crippen molar-refractivity contribution in [3.05, 3.63) is 47.8 Å². The molecule has 0 unspecified atom stereocenters. The molecule has 3 aromatic rings. The standard InChI is InChI=1S/C20H19N3O5S2/c1-3-23-17-10-13(4-9-18(17)28-11-19(23)24)16-12-29-20(21-16)22-30(25,26)15-7-5-14(27-2)6-8-15/h4-10,12H,3,11H2,1-2H3,(H,21,22). The first-order chi connectivity index (χ1) is 14.4. The summed E-state index contributed by atoms with van der Waals surface area (Å²) in [6.07, 6.45) is 0. The highest BCUT2D eigenvalue weighted by molar-refractivity contribution is 7.93. The van der Waals surface area contributed by atoms with E-state index in [9.17, 15) is 13.2 Å². The van der Waals surface area contributed by atoms with Crippen molar-refractivity contribution in [3.63, 3.8) is 0 Å². The zero-order valence-electron chi connectivity index (χ0n) is 16.3. The van der Waals surface area contributed by atoms with Crippen LogP contribution < -0.4 is 19.1 Å². The lowest BCUT2D eigenvalue weighted by atomic mass is 10.1. The number of nitrogens with one attached hydrogen (secondary N) is 1. The molecular formula is C20H19N3O5S2. The van der Waals surface area contributed by atoms with E-state index in [1.165, 1.54) is 30.6 Å². The Kier molecular flexibility index (Phi) is 5.35. The quantitative estimate of drug-likeness (QED) is 0.625. The maximum absolute atomic E-state index is 12.6. The Morgan fingerprint density at radius 1 is 1.23 bits per heavy atom. The van der Waals surface area contributed by atoms with Crippen molar-refractivity contribution in [2.75, 3.05) is 29.9 Å². The highest BCUT2D eigenvalue weighted by atomic mass is 32.2. The van der Waals surface area contributed by atoms with Crippen LogP contribution in [0.5, 0.6) is 11.5 Å². The van der Waals surface area contributed by atoms with Gasteiger partial charge < -0.3 is 14.4 Å². The van der Waals surface area contributed by atoms with Gasteiger partial charge >= 0.3 is 0 Å². The maximum atomic E-state index is 12.6. The van der Waals surface area contributed by atoms with Gasteiger partial charge in [-0.25, -0.2) is 13.4 Å². The number of ether oxygens (including phenoxy) is 2. The van der Waals surface area contributed by atoms with Crippen molar-refractivity contribution in [3.8, 4) is 22.8 Å². The normalized spacial score (nSPS) is 13.5. The van der Waals surface area contributed by atoms with Crippen LogP contribution in [0, 0.1) is 0 Å². The minimum atomic E-state index is -3.77. The first-order valence-corrected chi connectivity index (χ1v) is 11.5. The summed E-state index contributed by atoms with van der Waals surface area (Å²) in [6.45, 7) is 2.45. The molecular weight excluding hydrogens is 426 g/mol. The highest BCUT2D eigenvalue weighted by Crippen LogP contribution is 2.37. The van der Waals surface area contributed by atoms with Gasteiger partial charge in [-0.05, 0) is 49.4 Å². The number of anilines is 2. The summed E-state index contributed by atoms with van der Waals surface area (Å²) >= 11 is 1.18. The van der Waals surface area contributed by atoms with E-state index in [2.05, 4.69) is 9.71 Å². The van der Waals surface area contributed by atoms with Gasteiger partial charge in [0.1, 0.15) is 11.5 Å².